The highest BCUT2D eigenvalue weighted by Crippen LogP contribution is 2.37. The third kappa shape index (κ3) is 18.4. The van der Waals surface area contributed by atoms with Crippen LogP contribution in [0, 0.1) is 41.5 Å². The molecule has 9 N–H and O–H groups in total. The molecule has 2 aliphatic rings. The Morgan fingerprint density at radius 2 is 0.787 bits per heavy atom. The normalized spacial score (nSPS) is 14.5. The van der Waals surface area contributed by atoms with E-state index in [4.69, 9.17) is 14.0 Å². The van der Waals surface area contributed by atoms with Crippen molar-refractivity contribution < 1.29 is 78.0 Å². The Morgan fingerprint density at radius 3 is 1.11 bits per heavy atom. The molecule has 1 fully saturated rings. The molecule has 0 aliphatic carbocycles. The van der Waals surface area contributed by atoms with Crippen LogP contribution in [0.15, 0.2) is 109 Å². The fourth-order valence-corrected chi connectivity index (χ4v) is 10.2. The molecule has 2 aliphatic heterocycles. The Labute approximate surface area is 551 Å². The third-order valence-electron chi connectivity index (χ3n) is 15.5. The number of aryl methyl sites for hydroxylation is 6. The van der Waals surface area contributed by atoms with E-state index in [1.165, 1.54) is 57.5 Å². The smallest absolute Gasteiger partial charge is 0.423 e. The molecule has 22 nitrogen and oxygen atoms in total. The highest BCUT2D eigenvalue weighted by Gasteiger charge is 2.52. The molecule has 6 aromatic carbocycles. The zero-order chi connectivity index (χ0) is 69.8. The second-order valence-electron chi connectivity index (χ2n) is 27.5. The lowest BCUT2D eigenvalue weighted by Crippen LogP contribution is -2.56. The number of aldehydes is 2. The lowest BCUT2D eigenvalue weighted by atomic mass is 9.75. The molecular weight excluding hydrogens is 1200 g/mol. The summed E-state index contributed by atoms with van der Waals surface area (Å²) in [7, 11) is -3.78. The summed E-state index contributed by atoms with van der Waals surface area (Å²) in [6.45, 7) is 35.5. The largest absolute Gasteiger partial charge is 0.495 e. The number of aliphatic hydroxyl groups is 1. The summed E-state index contributed by atoms with van der Waals surface area (Å²) in [5.41, 5.74) is 14.1. The molecule has 6 aromatic rings. The zero-order valence-corrected chi connectivity index (χ0v) is 57.0. The third-order valence-corrected chi connectivity index (χ3v) is 15.5. The molecular formula is C69H87B3N6O16. The van der Waals surface area contributed by atoms with Gasteiger partial charge in [-0.1, -0.05) is 69.8 Å². The van der Waals surface area contributed by atoms with E-state index in [0.29, 0.717) is 51.3 Å². The highest BCUT2D eigenvalue weighted by molar-refractivity contribution is 6.63. The van der Waals surface area contributed by atoms with Crippen LogP contribution in [0.2, 0.25) is 0 Å². The van der Waals surface area contributed by atoms with Crippen LogP contribution in [-0.4, -0.2) is 138 Å². The van der Waals surface area contributed by atoms with E-state index in [2.05, 4.69) is 16.3 Å². The van der Waals surface area contributed by atoms with Crippen molar-refractivity contribution in [2.24, 2.45) is 0 Å². The van der Waals surface area contributed by atoms with Gasteiger partial charge >= 0.3 is 21.4 Å². The Morgan fingerprint density at radius 1 is 0.479 bits per heavy atom. The van der Waals surface area contributed by atoms with Crippen LogP contribution < -0.4 is 32.7 Å². The molecule has 1 unspecified atom stereocenters. The van der Waals surface area contributed by atoms with Gasteiger partial charge in [-0.3, -0.25) is 54.6 Å². The van der Waals surface area contributed by atoms with Crippen molar-refractivity contribution in [2.75, 3.05) is 0 Å². The standard InChI is InChI=1S/C27H35BN2O5.2C21H25BN2O5.H2O/c1-17-12-18(2)14-20(13-17)24(33)30(25(3,4)5)29-23(32)19-10-11-22(21(15-19)16-31)28-34-26(6,7)27(8,9)35-28;1-12-8-13(2)10-15(9-12)19(26)24(21(3,4)5)23-18(25)14-6-7-17-16(11-14)20(27)29-22(17)28;1-13-8-14(2)10-16(9-13)20(27)24(21(3,4)5)23-19(26)15-6-7-18(22(28)29)17(11-15)12-25;/h10-16H,1-9H3,(H,29,32);6-11,20,27-28H,1-5H3,(H,23,25);6-12,28-29H,1-5H3,(H,23,26);1H2. The number of nitrogens with one attached hydrogen (secondary N) is 3. The number of fused-ring (bicyclic) bond motifs is 1. The number of hydrogen-bond donors (Lipinski definition) is 7. The zero-order valence-electron chi connectivity index (χ0n) is 57.0. The molecule has 0 radical (unpaired) electrons. The van der Waals surface area contributed by atoms with Crippen molar-refractivity contribution in [3.05, 3.63) is 193 Å². The number of nitrogens with zero attached hydrogens (tertiary/aromatic N) is 3. The van der Waals surface area contributed by atoms with Crippen molar-refractivity contribution in [1.29, 1.82) is 0 Å². The molecule has 0 spiro atoms. The fraction of sp³-hybridized carbons (Fsp3) is 0.362. The van der Waals surface area contributed by atoms with Crippen LogP contribution in [-0.2, 0) is 14.0 Å². The Bertz CT molecular complexity index is 3800. The van der Waals surface area contributed by atoms with Gasteiger partial charge in [-0.25, -0.2) is 15.0 Å². The summed E-state index contributed by atoms with van der Waals surface area (Å²) >= 11 is 0. The van der Waals surface area contributed by atoms with Crippen LogP contribution in [0.5, 0.6) is 0 Å². The van der Waals surface area contributed by atoms with Gasteiger partial charge in [0.05, 0.1) is 27.8 Å². The van der Waals surface area contributed by atoms with E-state index in [0.717, 1.165) is 33.4 Å². The molecule has 94 heavy (non-hydrogen) atoms. The van der Waals surface area contributed by atoms with E-state index in [-0.39, 0.29) is 50.9 Å². The van der Waals surface area contributed by atoms with Gasteiger partial charge < -0.3 is 39.6 Å². The predicted molar refractivity (Wildman–Crippen MR) is 361 cm³/mol. The number of benzene rings is 6. The van der Waals surface area contributed by atoms with Gasteiger partial charge in [0.25, 0.3) is 35.4 Å². The first-order chi connectivity index (χ1) is 43.0. The SMILES string of the molecule is Cc1cc(C)cc(C(=O)N(NC(=O)c2ccc(B(O)O)c(C=O)c2)C(C)(C)C)c1.Cc1cc(C)cc(C(=O)N(NC(=O)c2ccc(B3OC(C)(C)C(C)(C)O3)c(C=O)c2)C(C)(C)C)c1.Cc1cc(C)cc(C(=O)N(NC(=O)c2ccc3c(c2)C(O)OB3O)C(C)(C)C)c1.O. The van der Waals surface area contributed by atoms with Crippen molar-refractivity contribution in [3.8, 4) is 0 Å². The Balaban J connectivity index is 0.000000256. The van der Waals surface area contributed by atoms with Gasteiger partial charge in [0.15, 0.2) is 6.29 Å². The van der Waals surface area contributed by atoms with E-state index in [9.17, 15) is 58.5 Å². The van der Waals surface area contributed by atoms with Crippen LogP contribution in [0.3, 0.4) is 0 Å². The lowest BCUT2D eigenvalue weighted by molar-refractivity contribution is -0.0219. The maximum Gasteiger partial charge on any atom is 0.495 e. The minimum atomic E-state index is -1.83. The topological polar surface area (TPSA) is 322 Å². The number of amides is 6. The molecule has 1 saturated heterocycles. The Kier molecular flexibility index (Phi) is 24.1. The van der Waals surface area contributed by atoms with E-state index >= 15 is 0 Å². The number of aliphatic hydroxyl groups excluding tert-OH is 1. The highest BCUT2D eigenvalue weighted by atomic mass is 16.7. The number of carbonyl (C=O) groups excluding carboxylic acids is 8. The van der Waals surface area contributed by atoms with Crippen LogP contribution in [0.25, 0.3) is 0 Å². The van der Waals surface area contributed by atoms with Crippen LogP contribution in [0.4, 0.5) is 0 Å². The van der Waals surface area contributed by atoms with Gasteiger partial charge in [0, 0.05) is 50.1 Å². The molecule has 0 bridgehead atoms. The van der Waals surface area contributed by atoms with Crippen LogP contribution in [0.1, 0.15) is 218 Å². The molecule has 498 valence electrons. The maximum atomic E-state index is 13.4. The molecule has 0 aromatic heterocycles. The summed E-state index contributed by atoms with van der Waals surface area (Å²) in [5, 5.41) is 42.1. The number of carbonyl (C=O) groups is 8. The van der Waals surface area contributed by atoms with Crippen LogP contribution >= 0.6 is 0 Å². The second kappa shape index (κ2) is 29.8. The summed E-state index contributed by atoms with van der Waals surface area (Å²) in [6.07, 6.45) is -0.184. The number of rotatable bonds is 10. The van der Waals surface area contributed by atoms with Gasteiger partial charge in [-0.05, 0) is 221 Å². The molecule has 1 atom stereocenters. The summed E-state index contributed by atoms with van der Waals surface area (Å²) in [6, 6.07) is 29.7. The molecule has 25 heteroatoms. The average molecular weight is 1290 g/mol. The van der Waals surface area contributed by atoms with Gasteiger partial charge in [-0.15, -0.1) is 0 Å². The number of hydrazine groups is 3. The quantitative estimate of drug-likeness (QED) is 0.0459. The minimum Gasteiger partial charge on any atom is -0.423 e. The molecule has 2 heterocycles. The summed E-state index contributed by atoms with van der Waals surface area (Å²) in [4.78, 5) is 102. The van der Waals surface area contributed by atoms with E-state index in [1.54, 1.807) is 69.3 Å². The summed E-state index contributed by atoms with van der Waals surface area (Å²) in [5.74, 6) is -2.61. The summed E-state index contributed by atoms with van der Waals surface area (Å²) < 4.78 is 17.1. The van der Waals surface area contributed by atoms with E-state index in [1.807, 2.05) is 129 Å². The number of hydrogen-bond acceptors (Lipinski definition) is 15. The predicted octanol–water partition coefficient (Wildman–Crippen LogP) is 6.16. The lowest BCUT2D eigenvalue weighted by Gasteiger charge is -2.35. The van der Waals surface area contributed by atoms with E-state index < -0.39 is 73.2 Å². The average Bonchev–Trinajstić information content (AvgIpc) is 1.58. The molecule has 0 saturated carbocycles. The first-order valence-corrected chi connectivity index (χ1v) is 30.2. The van der Waals surface area contributed by atoms with Gasteiger partial charge in [0.2, 0.25) is 0 Å². The first kappa shape index (κ1) is 76.1. The fourth-order valence-electron chi connectivity index (χ4n) is 10.2. The minimum absolute atomic E-state index is 0. The Hall–Kier alpha value is -8.65. The monoisotopic (exact) mass is 1290 g/mol. The molecule has 8 rings (SSSR count). The molecule has 6 amide bonds. The van der Waals surface area contributed by atoms with Crippen molar-refractivity contribution in [1.82, 2.24) is 31.3 Å². The van der Waals surface area contributed by atoms with Gasteiger partial charge in [0.1, 0.15) is 12.6 Å². The first-order valence-electron chi connectivity index (χ1n) is 30.2. The maximum absolute atomic E-state index is 13.4. The second-order valence-corrected chi connectivity index (χ2v) is 27.5. The van der Waals surface area contributed by atoms with Crippen molar-refractivity contribution >= 4 is 85.8 Å². The van der Waals surface area contributed by atoms with Crippen molar-refractivity contribution in [3.63, 3.8) is 0 Å². The van der Waals surface area contributed by atoms with Crippen molar-refractivity contribution in [2.45, 2.75) is 166 Å². The van der Waals surface area contributed by atoms with Gasteiger partial charge in [-0.2, -0.15) is 0 Å².